The van der Waals surface area contributed by atoms with Crippen molar-refractivity contribution < 1.29 is 14.7 Å². The molecule has 4 rings (SSSR count). The van der Waals surface area contributed by atoms with Crippen LogP contribution in [-0.2, 0) is 11.3 Å². The summed E-state index contributed by atoms with van der Waals surface area (Å²) in [6, 6.07) is 14.7. The van der Waals surface area contributed by atoms with Gasteiger partial charge in [0, 0.05) is 56.1 Å². The van der Waals surface area contributed by atoms with E-state index in [9.17, 15) is 14.7 Å². The van der Waals surface area contributed by atoms with E-state index >= 15 is 0 Å². The standard InChI is InChI=1S/C23H28N4O3/c28-21-9-3-8-20(15-21)26-10-12-27(13-11-26)23(30)24-16-17-4-1-7-19(14-17)25-22(29)18-5-2-6-18/h1,3-4,7-9,14-15,18,28H,2,5-6,10-13,16H2,(H,24,30)(H,25,29). The zero-order chi connectivity index (χ0) is 20.9. The first kappa shape index (κ1) is 20.1. The zero-order valence-corrected chi connectivity index (χ0v) is 17.0. The molecule has 1 heterocycles. The highest BCUT2D eigenvalue weighted by Gasteiger charge is 2.25. The molecule has 0 unspecified atom stereocenters. The van der Waals surface area contributed by atoms with E-state index in [-0.39, 0.29) is 23.6 Å². The summed E-state index contributed by atoms with van der Waals surface area (Å²) in [5.41, 5.74) is 2.70. The van der Waals surface area contributed by atoms with Crippen LogP contribution in [0.2, 0.25) is 0 Å². The van der Waals surface area contributed by atoms with Gasteiger partial charge in [-0.3, -0.25) is 4.79 Å². The molecular formula is C23H28N4O3. The number of aromatic hydroxyl groups is 1. The second-order valence-electron chi connectivity index (χ2n) is 7.97. The molecule has 7 heteroatoms. The first-order chi connectivity index (χ1) is 14.6. The number of hydrogen-bond donors (Lipinski definition) is 3. The Labute approximate surface area is 176 Å². The van der Waals surface area contributed by atoms with Gasteiger partial charge in [0.1, 0.15) is 5.75 Å². The first-order valence-electron chi connectivity index (χ1n) is 10.5. The Hall–Kier alpha value is -3.22. The second kappa shape index (κ2) is 9.07. The highest BCUT2D eigenvalue weighted by atomic mass is 16.3. The van der Waals surface area contributed by atoms with Crippen LogP contribution in [0.4, 0.5) is 16.2 Å². The minimum absolute atomic E-state index is 0.0885. The van der Waals surface area contributed by atoms with Gasteiger partial charge >= 0.3 is 6.03 Å². The molecule has 0 spiro atoms. The highest BCUT2D eigenvalue weighted by Crippen LogP contribution is 2.27. The molecular weight excluding hydrogens is 380 g/mol. The molecule has 2 aromatic rings. The fraction of sp³-hybridized carbons (Fsp3) is 0.391. The van der Waals surface area contributed by atoms with Gasteiger partial charge in [-0.2, -0.15) is 0 Å². The summed E-state index contributed by atoms with van der Waals surface area (Å²) in [7, 11) is 0. The molecule has 2 aromatic carbocycles. The molecule has 0 radical (unpaired) electrons. The van der Waals surface area contributed by atoms with E-state index in [1.54, 1.807) is 12.1 Å². The Morgan fingerprint density at radius 2 is 1.77 bits per heavy atom. The van der Waals surface area contributed by atoms with Crippen molar-refractivity contribution >= 4 is 23.3 Å². The quantitative estimate of drug-likeness (QED) is 0.710. The van der Waals surface area contributed by atoms with Crippen LogP contribution in [0, 0.1) is 5.92 Å². The zero-order valence-electron chi connectivity index (χ0n) is 17.0. The predicted molar refractivity (Wildman–Crippen MR) is 117 cm³/mol. The fourth-order valence-electron chi connectivity index (χ4n) is 3.82. The van der Waals surface area contributed by atoms with Crippen molar-refractivity contribution in [1.82, 2.24) is 10.2 Å². The van der Waals surface area contributed by atoms with Crippen LogP contribution >= 0.6 is 0 Å². The number of phenols is 1. The van der Waals surface area contributed by atoms with E-state index in [0.717, 1.165) is 49.3 Å². The molecule has 0 aromatic heterocycles. The Balaban J connectivity index is 1.25. The average Bonchev–Trinajstić information content (AvgIpc) is 2.71. The van der Waals surface area contributed by atoms with Crippen molar-refractivity contribution in [2.45, 2.75) is 25.8 Å². The Kier molecular flexibility index (Phi) is 6.07. The lowest BCUT2D eigenvalue weighted by atomic mass is 9.85. The van der Waals surface area contributed by atoms with E-state index in [2.05, 4.69) is 15.5 Å². The topological polar surface area (TPSA) is 84.9 Å². The average molecular weight is 409 g/mol. The van der Waals surface area contributed by atoms with Crippen molar-refractivity contribution in [2.75, 3.05) is 36.4 Å². The number of carbonyl (C=O) groups excluding carboxylic acids is 2. The van der Waals surface area contributed by atoms with Crippen LogP contribution in [0.1, 0.15) is 24.8 Å². The third-order valence-corrected chi connectivity index (χ3v) is 5.88. The Morgan fingerprint density at radius 3 is 2.47 bits per heavy atom. The summed E-state index contributed by atoms with van der Waals surface area (Å²) in [5.74, 6) is 0.484. The summed E-state index contributed by atoms with van der Waals surface area (Å²) >= 11 is 0. The van der Waals surface area contributed by atoms with Crippen molar-refractivity contribution in [3.05, 3.63) is 54.1 Å². The van der Waals surface area contributed by atoms with Crippen molar-refractivity contribution in [3.8, 4) is 5.75 Å². The lowest BCUT2D eigenvalue weighted by Crippen LogP contribution is -2.51. The number of hydrogen-bond acceptors (Lipinski definition) is 4. The van der Waals surface area contributed by atoms with Gasteiger partial charge in [0.15, 0.2) is 0 Å². The monoisotopic (exact) mass is 408 g/mol. The van der Waals surface area contributed by atoms with Crippen molar-refractivity contribution in [3.63, 3.8) is 0 Å². The van der Waals surface area contributed by atoms with Crippen LogP contribution in [0.5, 0.6) is 5.75 Å². The van der Waals surface area contributed by atoms with Crippen LogP contribution in [0.15, 0.2) is 48.5 Å². The summed E-state index contributed by atoms with van der Waals surface area (Å²) in [5, 5.41) is 15.6. The van der Waals surface area contributed by atoms with Gasteiger partial charge in [0.25, 0.3) is 0 Å². The largest absolute Gasteiger partial charge is 0.508 e. The minimum Gasteiger partial charge on any atom is -0.508 e. The number of piperazine rings is 1. The van der Waals surface area contributed by atoms with Crippen LogP contribution in [0.3, 0.4) is 0 Å². The third kappa shape index (κ3) is 4.84. The number of nitrogens with one attached hydrogen (secondary N) is 2. The number of anilines is 2. The Morgan fingerprint density at radius 1 is 1.00 bits per heavy atom. The predicted octanol–water partition coefficient (Wildman–Crippen LogP) is 3.16. The van der Waals surface area contributed by atoms with Gasteiger partial charge in [-0.1, -0.05) is 24.6 Å². The maximum Gasteiger partial charge on any atom is 0.317 e. The number of rotatable bonds is 5. The number of urea groups is 1. The summed E-state index contributed by atoms with van der Waals surface area (Å²) in [6.45, 7) is 3.11. The van der Waals surface area contributed by atoms with E-state index < -0.39 is 0 Å². The molecule has 2 fully saturated rings. The van der Waals surface area contributed by atoms with Gasteiger partial charge < -0.3 is 25.5 Å². The number of amides is 3. The third-order valence-electron chi connectivity index (χ3n) is 5.88. The summed E-state index contributed by atoms with van der Waals surface area (Å²) in [4.78, 5) is 28.6. The summed E-state index contributed by atoms with van der Waals surface area (Å²) in [6.07, 6.45) is 3.08. The molecule has 3 amide bonds. The molecule has 0 bridgehead atoms. The van der Waals surface area contributed by atoms with Gasteiger partial charge in [0.2, 0.25) is 5.91 Å². The number of phenolic OH excluding ortho intramolecular Hbond substituents is 1. The molecule has 158 valence electrons. The Bertz CT molecular complexity index is 905. The van der Waals surface area contributed by atoms with Gasteiger partial charge in [-0.15, -0.1) is 0 Å². The molecule has 7 nitrogen and oxygen atoms in total. The van der Waals surface area contributed by atoms with Crippen LogP contribution in [0.25, 0.3) is 0 Å². The SMILES string of the molecule is O=C(Nc1cccc(CNC(=O)N2CCN(c3cccc(O)c3)CC2)c1)C1CCC1. The van der Waals surface area contributed by atoms with Crippen molar-refractivity contribution in [1.29, 1.82) is 0 Å². The lowest BCUT2D eigenvalue weighted by Gasteiger charge is -2.36. The molecule has 3 N–H and O–H groups in total. The number of carbonyl (C=O) groups is 2. The van der Waals surface area contributed by atoms with Gasteiger partial charge in [-0.05, 0) is 42.7 Å². The number of benzene rings is 2. The van der Waals surface area contributed by atoms with Crippen LogP contribution in [-0.4, -0.2) is 48.1 Å². The second-order valence-corrected chi connectivity index (χ2v) is 7.97. The molecule has 1 aliphatic carbocycles. The minimum atomic E-state index is -0.0885. The smallest absolute Gasteiger partial charge is 0.317 e. The van der Waals surface area contributed by atoms with Crippen molar-refractivity contribution in [2.24, 2.45) is 5.92 Å². The lowest BCUT2D eigenvalue weighted by molar-refractivity contribution is -0.122. The molecule has 1 saturated carbocycles. The molecule has 0 atom stereocenters. The first-order valence-corrected chi connectivity index (χ1v) is 10.5. The number of nitrogens with zero attached hydrogens (tertiary/aromatic N) is 2. The van der Waals surface area contributed by atoms with Gasteiger partial charge in [0.05, 0.1) is 0 Å². The maximum absolute atomic E-state index is 12.6. The van der Waals surface area contributed by atoms with E-state index in [0.29, 0.717) is 19.6 Å². The molecule has 30 heavy (non-hydrogen) atoms. The van der Waals surface area contributed by atoms with Gasteiger partial charge in [-0.25, -0.2) is 4.79 Å². The molecule has 1 saturated heterocycles. The molecule has 1 aliphatic heterocycles. The van der Waals surface area contributed by atoms with E-state index in [1.165, 1.54) is 0 Å². The molecule has 2 aliphatic rings. The fourth-order valence-corrected chi connectivity index (χ4v) is 3.82. The van der Waals surface area contributed by atoms with E-state index in [4.69, 9.17) is 0 Å². The normalized spacial score (nSPS) is 16.7. The van der Waals surface area contributed by atoms with E-state index in [1.807, 2.05) is 41.3 Å². The maximum atomic E-state index is 12.6. The van der Waals surface area contributed by atoms with Crippen LogP contribution < -0.4 is 15.5 Å². The highest BCUT2D eigenvalue weighted by molar-refractivity contribution is 5.93. The summed E-state index contributed by atoms with van der Waals surface area (Å²) < 4.78 is 0.